The number of carboxylic acids is 1. The molecule has 1 rings (SSSR count). The van der Waals surface area contributed by atoms with E-state index in [1.165, 1.54) is 0 Å². The van der Waals surface area contributed by atoms with E-state index in [4.69, 9.17) is 9.84 Å². The number of carbonyl (C=O) groups is 2. The average molecular weight is 271 g/mol. The van der Waals surface area contributed by atoms with E-state index >= 15 is 0 Å². The Morgan fingerprint density at radius 2 is 2.11 bits per heavy atom. The van der Waals surface area contributed by atoms with Gasteiger partial charge in [0, 0.05) is 19.0 Å². The SMILES string of the molecule is CCCCC1CC(CC(=O)O)CCN1C(=O)OCC. The second-order valence-electron chi connectivity index (χ2n) is 5.18. The number of carbonyl (C=O) groups excluding carboxylic acids is 1. The molecule has 1 saturated heterocycles. The monoisotopic (exact) mass is 271 g/mol. The van der Waals surface area contributed by atoms with Crippen molar-refractivity contribution in [2.45, 2.75) is 58.4 Å². The van der Waals surface area contributed by atoms with E-state index in [1.54, 1.807) is 11.8 Å². The Morgan fingerprint density at radius 1 is 1.37 bits per heavy atom. The third kappa shape index (κ3) is 5.09. The number of rotatable bonds is 6. The van der Waals surface area contributed by atoms with Crippen molar-refractivity contribution in [2.75, 3.05) is 13.2 Å². The van der Waals surface area contributed by atoms with Crippen LogP contribution in [0.2, 0.25) is 0 Å². The van der Waals surface area contributed by atoms with E-state index < -0.39 is 5.97 Å². The summed E-state index contributed by atoms with van der Waals surface area (Å²) in [6.07, 6.45) is 4.57. The van der Waals surface area contributed by atoms with Crippen LogP contribution in [0.25, 0.3) is 0 Å². The van der Waals surface area contributed by atoms with Gasteiger partial charge in [-0.05, 0) is 32.1 Å². The number of aliphatic carboxylic acids is 1. The molecule has 110 valence electrons. The lowest BCUT2D eigenvalue weighted by atomic mass is 9.86. The summed E-state index contributed by atoms with van der Waals surface area (Å²) in [5.74, 6) is -0.561. The lowest BCUT2D eigenvalue weighted by Gasteiger charge is -2.38. The molecule has 2 atom stereocenters. The minimum atomic E-state index is -0.746. The van der Waals surface area contributed by atoms with Gasteiger partial charge in [-0.3, -0.25) is 4.79 Å². The minimum absolute atomic E-state index is 0.136. The first kappa shape index (κ1) is 15.8. The smallest absolute Gasteiger partial charge is 0.409 e. The first-order valence-electron chi connectivity index (χ1n) is 7.23. The summed E-state index contributed by atoms with van der Waals surface area (Å²) < 4.78 is 5.08. The molecule has 0 radical (unpaired) electrons. The molecule has 5 heteroatoms. The Labute approximate surface area is 114 Å². The molecule has 1 heterocycles. The molecule has 19 heavy (non-hydrogen) atoms. The molecule has 0 bridgehead atoms. The van der Waals surface area contributed by atoms with Gasteiger partial charge in [-0.25, -0.2) is 4.79 Å². The normalized spacial score (nSPS) is 23.2. The molecule has 0 aromatic carbocycles. The lowest BCUT2D eigenvalue weighted by molar-refractivity contribution is -0.138. The molecule has 2 unspecified atom stereocenters. The van der Waals surface area contributed by atoms with Crippen molar-refractivity contribution in [3.05, 3.63) is 0 Å². The number of carboxylic acid groups (broad SMARTS) is 1. The third-order valence-corrected chi connectivity index (χ3v) is 3.68. The first-order valence-corrected chi connectivity index (χ1v) is 7.23. The molecule has 0 aliphatic carbocycles. The van der Waals surface area contributed by atoms with Gasteiger partial charge >= 0.3 is 12.1 Å². The molecule has 1 aliphatic heterocycles. The van der Waals surface area contributed by atoms with Crippen LogP contribution in [0.4, 0.5) is 4.79 Å². The lowest BCUT2D eigenvalue weighted by Crippen LogP contribution is -2.46. The van der Waals surface area contributed by atoms with E-state index in [9.17, 15) is 9.59 Å². The second kappa shape index (κ2) is 8.02. The summed E-state index contributed by atoms with van der Waals surface area (Å²) in [4.78, 5) is 24.5. The molecule has 1 N–H and O–H groups in total. The highest BCUT2D eigenvalue weighted by Crippen LogP contribution is 2.28. The van der Waals surface area contributed by atoms with E-state index in [0.717, 1.165) is 32.1 Å². The van der Waals surface area contributed by atoms with Crippen molar-refractivity contribution in [1.82, 2.24) is 4.90 Å². The fourth-order valence-corrected chi connectivity index (χ4v) is 2.73. The van der Waals surface area contributed by atoms with Crippen LogP contribution in [0.15, 0.2) is 0 Å². The van der Waals surface area contributed by atoms with Gasteiger partial charge < -0.3 is 14.7 Å². The zero-order chi connectivity index (χ0) is 14.3. The topological polar surface area (TPSA) is 66.8 Å². The molecule has 0 aromatic heterocycles. The number of likely N-dealkylation sites (tertiary alicyclic amines) is 1. The number of nitrogens with zero attached hydrogens (tertiary/aromatic N) is 1. The largest absolute Gasteiger partial charge is 0.481 e. The van der Waals surface area contributed by atoms with Crippen molar-refractivity contribution < 1.29 is 19.4 Å². The van der Waals surface area contributed by atoms with Gasteiger partial charge in [0.25, 0.3) is 0 Å². The maximum atomic E-state index is 11.9. The predicted molar refractivity (Wildman–Crippen MR) is 72.0 cm³/mol. The summed E-state index contributed by atoms with van der Waals surface area (Å²) in [5, 5.41) is 8.88. The van der Waals surface area contributed by atoms with Crippen LogP contribution in [-0.4, -0.2) is 41.3 Å². The van der Waals surface area contributed by atoms with Crippen molar-refractivity contribution in [3.8, 4) is 0 Å². The highest BCUT2D eigenvalue weighted by molar-refractivity contribution is 5.69. The van der Waals surface area contributed by atoms with Crippen LogP contribution < -0.4 is 0 Å². The van der Waals surface area contributed by atoms with Gasteiger partial charge in [-0.1, -0.05) is 19.8 Å². The van der Waals surface area contributed by atoms with Crippen molar-refractivity contribution in [2.24, 2.45) is 5.92 Å². The molecule has 1 aliphatic rings. The Bertz CT molecular complexity index is 306. The maximum Gasteiger partial charge on any atom is 0.409 e. The van der Waals surface area contributed by atoms with Gasteiger partial charge in [0.2, 0.25) is 0 Å². The molecule has 0 spiro atoms. The fraction of sp³-hybridized carbons (Fsp3) is 0.857. The number of piperidine rings is 1. The molecule has 0 saturated carbocycles. The van der Waals surface area contributed by atoms with Gasteiger partial charge in [0.1, 0.15) is 0 Å². The van der Waals surface area contributed by atoms with Gasteiger partial charge in [0.05, 0.1) is 6.61 Å². The molecule has 1 fully saturated rings. The van der Waals surface area contributed by atoms with Crippen LogP contribution in [0.5, 0.6) is 0 Å². The van der Waals surface area contributed by atoms with Crippen LogP contribution >= 0.6 is 0 Å². The van der Waals surface area contributed by atoms with Gasteiger partial charge in [0.15, 0.2) is 0 Å². The van der Waals surface area contributed by atoms with Crippen LogP contribution in [0, 0.1) is 5.92 Å². The number of ether oxygens (including phenoxy) is 1. The number of unbranched alkanes of at least 4 members (excludes halogenated alkanes) is 1. The van der Waals surface area contributed by atoms with Crippen molar-refractivity contribution in [1.29, 1.82) is 0 Å². The van der Waals surface area contributed by atoms with Gasteiger partial charge in [-0.2, -0.15) is 0 Å². The molecule has 0 aromatic rings. The Kier molecular flexibility index (Phi) is 6.67. The molecule has 5 nitrogen and oxygen atoms in total. The Morgan fingerprint density at radius 3 is 2.68 bits per heavy atom. The molecule has 1 amide bonds. The zero-order valence-electron chi connectivity index (χ0n) is 11.9. The summed E-state index contributed by atoms with van der Waals surface area (Å²) in [5.41, 5.74) is 0. The van der Waals surface area contributed by atoms with E-state index in [2.05, 4.69) is 6.92 Å². The first-order chi connectivity index (χ1) is 9.08. The predicted octanol–water partition coefficient (Wildman–Crippen LogP) is 2.89. The molecular formula is C14H25NO4. The standard InChI is InChI=1S/C14H25NO4/c1-3-5-6-12-9-11(10-13(16)17)7-8-15(12)14(18)19-4-2/h11-12H,3-10H2,1-2H3,(H,16,17). The van der Waals surface area contributed by atoms with E-state index in [0.29, 0.717) is 13.2 Å². The summed E-state index contributed by atoms with van der Waals surface area (Å²) >= 11 is 0. The van der Waals surface area contributed by atoms with Gasteiger partial charge in [-0.15, -0.1) is 0 Å². The zero-order valence-corrected chi connectivity index (χ0v) is 11.9. The number of amides is 1. The number of hydrogen-bond donors (Lipinski definition) is 1. The third-order valence-electron chi connectivity index (χ3n) is 3.68. The maximum absolute atomic E-state index is 11.9. The minimum Gasteiger partial charge on any atom is -0.481 e. The summed E-state index contributed by atoms with van der Waals surface area (Å²) in [6, 6.07) is 0.136. The van der Waals surface area contributed by atoms with Crippen LogP contribution in [-0.2, 0) is 9.53 Å². The second-order valence-corrected chi connectivity index (χ2v) is 5.18. The Balaban J connectivity index is 2.60. The van der Waals surface area contributed by atoms with Crippen molar-refractivity contribution >= 4 is 12.1 Å². The summed E-state index contributed by atoms with van der Waals surface area (Å²) in [6.45, 7) is 4.92. The van der Waals surface area contributed by atoms with Crippen LogP contribution in [0.1, 0.15) is 52.4 Å². The quantitative estimate of drug-likeness (QED) is 0.806. The average Bonchev–Trinajstić information content (AvgIpc) is 2.36. The highest BCUT2D eigenvalue weighted by atomic mass is 16.6. The van der Waals surface area contributed by atoms with Crippen LogP contribution in [0.3, 0.4) is 0 Å². The van der Waals surface area contributed by atoms with E-state index in [1.807, 2.05) is 0 Å². The summed E-state index contributed by atoms with van der Waals surface area (Å²) in [7, 11) is 0. The fourth-order valence-electron chi connectivity index (χ4n) is 2.73. The van der Waals surface area contributed by atoms with Crippen molar-refractivity contribution in [3.63, 3.8) is 0 Å². The Hall–Kier alpha value is -1.26. The molecular weight excluding hydrogens is 246 g/mol. The van der Waals surface area contributed by atoms with E-state index in [-0.39, 0.29) is 24.5 Å². The highest BCUT2D eigenvalue weighted by Gasteiger charge is 2.32. The number of hydrogen-bond acceptors (Lipinski definition) is 3.